The van der Waals surface area contributed by atoms with E-state index in [4.69, 9.17) is 10.5 Å². The van der Waals surface area contributed by atoms with Crippen molar-refractivity contribution in [2.24, 2.45) is 11.7 Å². The number of alkyl halides is 3. The lowest BCUT2D eigenvalue weighted by Crippen LogP contribution is -2.59. The third kappa shape index (κ3) is 13.8. The number of benzene rings is 2. The summed E-state index contributed by atoms with van der Waals surface area (Å²) in [6.07, 6.45) is -9.28. The van der Waals surface area contributed by atoms with Crippen LogP contribution >= 0.6 is 0 Å². The second-order valence-corrected chi connectivity index (χ2v) is 11.4. The SMILES string of the molecule is CC(C)[C@H](NC(=O)COCc1ccccc1)C(=O)N[C@@H](Cc1ccccc1)C(=O)N[C@@H](C)C(=O)NC(CCC(N)=O)C(O)C(F)(F)F. The van der Waals surface area contributed by atoms with Crippen molar-refractivity contribution in [2.75, 3.05) is 6.61 Å². The molecule has 0 spiro atoms. The zero-order chi connectivity index (χ0) is 35.1. The average Bonchev–Trinajstić information content (AvgIpc) is 3.01. The highest BCUT2D eigenvalue weighted by molar-refractivity contribution is 5.94. The van der Waals surface area contributed by atoms with Gasteiger partial charge in [0.2, 0.25) is 29.5 Å². The maximum Gasteiger partial charge on any atom is 0.416 e. The number of aliphatic hydroxyl groups excluding tert-OH is 1. The van der Waals surface area contributed by atoms with Crippen LogP contribution in [0.2, 0.25) is 0 Å². The zero-order valence-corrected chi connectivity index (χ0v) is 26.4. The minimum Gasteiger partial charge on any atom is -0.382 e. The van der Waals surface area contributed by atoms with E-state index in [2.05, 4.69) is 16.0 Å². The molecule has 0 aromatic heterocycles. The van der Waals surface area contributed by atoms with Gasteiger partial charge < -0.3 is 36.8 Å². The molecule has 2 unspecified atom stereocenters. The Kier molecular flexibility index (Phi) is 15.3. The molecule has 47 heavy (non-hydrogen) atoms. The summed E-state index contributed by atoms with van der Waals surface area (Å²) in [6.45, 7) is 4.44. The van der Waals surface area contributed by atoms with E-state index < -0.39 is 84.7 Å². The summed E-state index contributed by atoms with van der Waals surface area (Å²) in [7, 11) is 0. The predicted octanol–water partition coefficient (Wildman–Crippen LogP) is 1.25. The largest absolute Gasteiger partial charge is 0.416 e. The molecule has 0 radical (unpaired) electrons. The van der Waals surface area contributed by atoms with Gasteiger partial charge in [-0.1, -0.05) is 74.5 Å². The molecule has 2 aromatic carbocycles. The highest BCUT2D eigenvalue weighted by atomic mass is 19.4. The number of hydrogen-bond donors (Lipinski definition) is 6. The molecule has 0 fully saturated rings. The van der Waals surface area contributed by atoms with Crippen LogP contribution in [0.4, 0.5) is 13.2 Å². The normalized spacial score (nSPS) is 14.6. The van der Waals surface area contributed by atoms with Gasteiger partial charge in [-0.2, -0.15) is 13.2 Å². The highest BCUT2D eigenvalue weighted by Gasteiger charge is 2.44. The second kappa shape index (κ2) is 18.6. The molecular formula is C32H42F3N5O7. The molecule has 0 aliphatic carbocycles. The Morgan fingerprint density at radius 2 is 1.38 bits per heavy atom. The predicted molar refractivity (Wildman–Crippen MR) is 165 cm³/mol. The van der Waals surface area contributed by atoms with Crippen molar-refractivity contribution in [1.29, 1.82) is 0 Å². The van der Waals surface area contributed by atoms with Gasteiger partial charge in [0.25, 0.3) is 0 Å². The standard InChI is InChI=1S/C32H42F3N5O7/c1-19(2)27(40-26(42)18-47-17-22-12-8-5-9-13-22)31(46)39-24(16-21-10-6-4-7-11-21)30(45)37-20(3)29(44)38-23(14-15-25(36)41)28(43)32(33,34)35/h4-13,19-20,23-24,27-28,43H,14-18H2,1-3H3,(H2,36,41)(H,37,45)(H,38,44)(H,39,46)(H,40,42)/t20-,23?,24-,27-,28?/m0/s1. The van der Waals surface area contributed by atoms with Gasteiger partial charge in [-0.3, -0.25) is 24.0 Å². The van der Waals surface area contributed by atoms with Gasteiger partial charge >= 0.3 is 6.18 Å². The quantitative estimate of drug-likeness (QED) is 0.138. The number of nitrogens with two attached hydrogens (primary N) is 1. The molecule has 2 aromatic rings. The molecule has 5 atom stereocenters. The maximum atomic E-state index is 13.4. The molecular weight excluding hydrogens is 623 g/mol. The summed E-state index contributed by atoms with van der Waals surface area (Å²) in [5, 5.41) is 19.3. The number of primary amides is 1. The number of aliphatic hydroxyl groups is 1. The zero-order valence-electron chi connectivity index (χ0n) is 26.4. The molecule has 0 aliphatic rings. The van der Waals surface area contributed by atoms with E-state index in [9.17, 15) is 42.3 Å². The lowest BCUT2D eigenvalue weighted by Gasteiger charge is -2.28. The van der Waals surface area contributed by atoms with E-state index in [0.29, 0.717) is 5.56 Å². The second-order valence-electron chi connectivity index (χ2n) is 11.4. The van der Waals surface area contributed by atoms with Crippen molar-refractivity contribution < 1.29 is 47.0 Å². The minimum atomic E-state index is -5.11. The van der Waals surface area contributed by atoms with E-state index in [1.54, 1.807) is 44.2 Å². The summed E-state index contributed by atoms with van der Waals surface area (Å²) in [5.74, 6) is -4.51. The van der Waals surface area contributed by atoms with Gasteiger partial charge in [0, 0.05) is 12.8 Å². The third-order valence-corrected chi connectivity index (χ3v) is 7.02. The van der Waals surface area contributed by atoms with Gasteiger partial charge in [0.05, 0.1) is 12.6 Å². The first-order chi connectivity index (χ1) is 22.1. The van der Waals surface area contributed by atoms with Crippen LogP contribution in [-0.2, 0) is 41.7 Å². The molecule has 0 aliphatic heterocycles. The van der Waals surface area contributed by atoms with Crippen molar-refractivity contribution >= 4 is 29.5 Å². The molecule has 0 saturated heterocycles. The fourth-order valence-corrected chi connectivity index (χ4v) is 4.43. The summed E-state index contributed by atoms with van der Waals surface area (Å²) >= 11 is 0. The van der Waals surface area contributed by atoms with Crippen LogP contribution < -0.4 is 27.0 Å². The van der Waals surface area contributed by atoms with Crippen LogP contribution in [-0.4, -0.2) is 77.7 Å². The number of rotatable bonds is 18. The minimum absolute atomic E-state index is 0.0281. The number of nitrogens with one attached hydrogen (secondary N) is 4. The number of carbonyl (C=O) groups is 5. The lowest BCUT2D eigenvalue weighted by molar-refractivity contribution is -0.212. The first kappa shape index (κ1) is 38.7. The van der Waals surface area contributed by atoms with Crippen LogP contribution in [0.5, 0.6) is 0 Å². The highest BCUT2D eigenvalue weighted by Crippen LogP contribution is 2.24. The third-order valence-electron chi connectivity index (χ3n) is 7.02. The Morgan fingerprint density at radius 3 is 1.91 bits per heavy atom. The topological polar surface area (TPSA) is 189 Å². The fourth-order valence-electron chi connectivity index (χ4n) is 4.43. The van der Waals surface area contributed by atoms with E-state index in [-0.39, 0.29) is 19.6 Å². The summed E-state index contributed by atoms with van der Waals surface area (Å²) in [4.78, 5) is 63.3. The van der Waals surface area contributed by atoms with Crippen molar-refractivity contribution in [2.45, 2.75) is 83.1 Å². The van der Waals surface area contributed by atoms with Crippen LogP contribution in [0.15, 0.2) is 60.7 Å². The van der Waals surface area contributed by atoms with E-state index in [0.717, 1.165) is 5.56 Å². The van der Waals surface area contributed by atoms with Gasteiger partial charge in [-0.15, -0.1) is 0 Å². The van der Waals surface area contributed by atoms with Crippen LogP contribution in [0.1, 0.15) is 44.7 Å². The summed E-state index contributed by atoms with van der Waals surface area (Å²) in [5.41, 5.74) is 6.52. The molecule has 15 heteroatoms. The van der Waals surface area contributed by atoms with Gasteiger partial charge in [-0.05, 0) is 30.4 Å². The molecule has 5 amide bonds. The Balaban J connectivity index is 2.12. The molecule has 0 heterocycles. The first-order valence-electron chi connectivity index (χ1n) is 15.0. The van der Waals surface area contributed by atoms with Crippen LogP contribution in [0.25, 0.3) is 0 Å². The smallest absolute Gasteiger partial charge is 0.382 e. The van der Waals surface area contributed by atoms with Crippen LogP contribution in [0.3, 0.4) is 0 Å². The number of carbonyl (C=O) groups excluding carboxylic acids is 5. The van der Waals surface area contributed by atoms with Crippen molar-refractivity contribution in [3.8, 4) is 0 Å². The Labute approximate surface area is 271 Å². The number of hydrogen-bond acceptors (Lipinski definition) is 7. The first-order valence-corrected chi connectivity index (χ1v) is 15.0. The number of amides is 5. The van der Waals surface area contributed by atoms with Crippen molar-refractivity contribution in [3.63, 3.8) is 0 Å². The number of halogens is 3. The molecule has 258 valence electrons. The lowest BCUT2D eigenvalue weighted by atomic mass is 10.0. The van der Waals surface area contributed by atoms with Gasteiger partial charge in [0.1, 0.15) is 24.7 Å². The average molecular weight is 666 g/mol. The molecule has 7 N–H and O–H groups in total. The van der Waals surface area contributed by atoms with E-state index in [1.165, 1.54) is 6.92 Å². The Bertz CT molecular complexity index is 1330. The fraction of sp³-hybridized carbons (Fsp3) is 0.469. The van der Waals surface area contributed by atoms with Gasteiger partial charge in [-0.25, -0.2) is 0 Å². The molecule has 2 rings (SSSR count). The molecule has 12 nitrogen and oxygen atoms in total. The van der Waals surface area contributed by atoms with Crippen molar-refractivity contribution in [3.05, 3.63) is 71.8 Å². The maximum absolute atomic E-state index is 13.4. The Hall–Kier alpha value is -4.50. The van der Waals surface area contributed by atoms with E-state index >= 15 is 0 Å². The number of ether oxygens (including phenoxy) is 1. The Morgan fingerprint density at radius 1 is 0.809 bits per heavy atom. The van der Waals surface area contributed by atoms with Gasteiger partial charge in [0.15, 0.2) is 6.10 Å². The molecule has 0 saturated carbocycles. The summed E-state index contributed by atoms with van der Waals surface area (Å²) < 4.78 is 45.0. The van der Waals surface area contributed by atoms with Crippen molar-refractivity contribution in [1.82, 2.24) is 21.3 Å². The summed E-state index contributed by atoms with van der Waals surface area (Å²) in [6, 6.07) is 12.1. The van der Waals surface area contributed by atoms with Crippen LogP contribution in [0, 0.1) is 5.92 Å². The molecule has 0 bridgehead atoms. The van der Waals surface area contributed by atoms with E-state index in [1.807, 2.05) is 35.6 Å². The monoisotopic (exact) mass is 665 g/mol.